The Morgan fingerprint density at radius 2 is 2.08 bits per heavy atom. The summed E-state index contributed by atoms with van der Waals surface area (Å²) in [5, 5.41) is 0. The second-order valence-electron chi connectivity index (χ2n) is 7.27. The van der Waals surface area contributed by atoms with Crippen molar-refractivity contribution in [3.05, 3.63) is 0 Å². The average Bonchev–Trinajstić information content (AvgIpc) is 3.21. The monoisotopic (exact) mass is 372 g/mol. The maximum atomic E-state index is 13.2. The molecule has 1 saturated heterocycles. The molecule has 2 heterocycles. The van der Waals surface area contributed by atoms with Crippen LogP contribution in [0.15, 0.2) is 4.99 Å². The predicted molar refractivity (Wildman–Crippen MR) is 94.4 cm³/mol. The number of hydrogen-bond acceptors (Lipinski definition) is 5. The molecule has 2 aliphatic heterocycles. The highest BCUT2D eigenvalue weighted by molar-refractivity contribution is 7.86. The molecule has 0 aromatic carbocycles. The molecule has 1 saturated carbocycles. The number of carbonyl (C=O) groups excluding carboxylic acids is 1. The molecule has 0 radical (unpaired) electrons. The van der Waals surface area contributed by atoms with Crippen LogP contribution in [0.3, 0.4) is 0 Å². The highest BCUT2D eigenvalue weighted by atomic mass is 32.2. The second-order valence-corrected chi connectivity index (χ2v) is 9.41. The first-order chi connectivity index (χ1) is 11.8. The van der Waals surface area contributed by atoms with Gasteiger partial charge in [0.25, 0.3) is 16.1 Å². The molecule has 1 aliphatic carbocycles. The van der Waals surface area contributed by atoms with E-state index < -0.39 is 15.7 Å². The summed E-state index contributed by atoms with van der Waals surface area (Å²) < 4.78 is 32.8. The van der Waals surface area contributed by atoms with Gasteiger partial charge in [-0.15, -0.1) is 0 Å². The van der Waals surface area contributed by atoms with Crippen molar-refractivity contribution < 1.29 is 17.9 Å². The highest BCUT2D eigenvalue weighted by Gasteiger charge is 2.62. The van der Waals surface area contributed by atoms with E-state index in [1.54, 1.807) is 26.1 Å². The Labute approximate surface area is 150 Å². The molecule has 3 rings (SSSR count). The van der Waals surface area contributed by atoms with Gasteiger partial charge in [0.2, 0.25) is 0 Å². The van der Waals surface area contributed by atoms with Crippen LogP contribution in [0.1, 0.15) is 26.2 Å². The molecule has 8 nitrogen and oxygen atoms in total. The summed E-state index contributed by atoms with van der Waals surface area (Å²) in [6.45, 7) is 3.82. The van der Waals surface area contributed by atoms with E-state index in [-0.39, 0.29) is 17.7 Å². The quantitative estimate of drug-likeness (QED) is 0.665. The molecule has 25 heavy (non-hydrogen) atoms. The molecule has 142 valence electrons. The summed E-state index contributed by atoms with van der Waals surface area (Å²) in [5.41, 5.74) is -0.777. The highest BCUT2D eigenvalue weighted by Crippen LogP contribution is 2.50. The van der Waals surface area contributed by atoms with Crippen LogP contribution in [-0.2, 0) is 19.7 Å². The van der Waals surface area contributed by atoms with Gasteiger partial charge < -0.3 is 4.74 Å². The number of amidine groups is 1. The summed E-state index contributed by atoms with van der Waals surface area (Å²) in [4.78, 5) is 19.8. The van der Waals surface area contributed by atoms with Crippen LogP contribution in [0.2, 0.25) is 0 Å². The molecule has 2 fully saturated rings. The smallest absolute Gasteiger partial charge is 0.281 e. The van der Waals surface area contributed by atoms with Gasteiger partial charge in [0.1, 0.15) is 11.4 Å². The molecule has 9 heteroatoms. The van der Waals surface area contributed by atoms with E-state index in [1.807, 2.05) is 6.92 Å². The van der Waals surface area contributed by atoms with Crippen LogP contribution in [0, 0.1) is 11.8 Å². The van der Waals surface area contributed by atoms with Gasteiger partial charge in [-0.2, -0.15) is 17.0 Å². The largest absolute Gasteiger partial charge is 0.383 e. The van der Waals surface area contributed by atoms with Crippen molar-refractivity contribution in [3.63, 3.8) is 0 Å². The predicted octanol–water partition coefficient (Wildman–Crippen LogP) is 0.171. The Morgan fingerprint density at radius 1 is 1.36 bits per heavy atom. The Balaban J connectivity index is 1.87. The van der Waals surface area contributed by atoms with E-state index in [9.17, 15) is 13.2 Å². The third-order valence-corrected chi connectivity index (χ3v) is 7.67. The fourth-order valence-corrected chi connectivity index (χ4v) is 5.64. The first-order valence-corrected chi connectivity index (χ1v) is 10.2. The molecule has 1 amide bonds. The Hall–Kier alpha value is -1.03. The summed E-state index contributed by atoms with van der Waals surface area (Å²) >= 11 is 0. The van der Waals surface area contributed by atoms with E-state index in [0.717, 1.165) is 12.3 Å². The zero-order valence-corrected chi connectivity index (χ0v) is 16.3. The Kier molecular flexibility index (Phi) is 4.95. The van der Waals surface area contributed by atoms with E-state index in [4.69, 9.17) is 9.73 Å². The minimum absolute atomic E-state index is 0.0259. The van der Waals surface area contributed by atoms with Gasteiger partial charge in [-0.1, -0.05) is 6.92 Å². The van der Waals surface area contributed by atoms with Crippen molar-refractivity contribution in [3.8, 4) is 0 Å². The number of fused-ring (bicyclic) bond motifs is 2. The lowest BCUT2D eigenvalue weighted by atomic mass is 9.85. The normalized spacial score (nSPS) is 32.9. The Morgan fingerprint density at radius 3 is 2.68 bits per heavy atom. The van der Waals surface area contributed by atoms with Crippen LogP contribution < -0.4 is 0 Å². The van der Waals surface area contributed by atoms with Crippen LogP contribution in [0.4, 0.5) is 0 Å². The van der Waals surface area contributed by atoms with Gasteiger partial charge >= 0.3 is 0 Å². The van der Waals surface area contributed by atoms with Crippen molar-refractivity contribution in [2.24, 2.45) is 16.8 Å². The minimum Gasteiger partial charge on any atom is -0.383 e. The van der Waals surface area contributed by atoms with Gasteiger partial charge in [-0.3, -0.25) is 14.7 Å². The summed E-state index contributed by atoms with van der Waals surface area (Å²) in [5.74, 6) is 0.987. The minimum atomic E-state index is -3.46. The van der Waals surface area contributed by atoms with Crippen molar-refractivity contribution in [1.29, 1.82) is 0 Å². The summed E-state index contributed by atoms with van der Waals surface area (Å²) in [6.07, 6.45) is 2.24. The molecule has 0 N–H and O–H groups in total. The maximum absolute atomic E-state index is 13.2. The average molecular weight is 372 g/mol. The van der Waals surface area contributed by atoms with Crippen molar-refractivity contribution in [2.45, 2.75) is 31.7 Å². The topological polar surface area (TPSA) is 82.5 Å². The van der Waals surface area contributed by atoms with E-state index >= 15 is 0 Å². The first-order valence-electron chi connectivity index (χ1n) is 8.85. The molecular formula is C16H28N4O4S. The maximum Gasteiger partial charge on any atom is 0.281 e. The fraction of sp³-hybridized carbons (Fsp3) is 0.875. The first kappa shape index (κ1) is 18.8. The van der Waals surface area contributed by atoms with Crippen molar-refractivity contribution in [2.75, 3.05) is 47.4 Å². The van der Waals surface area contributed by atoms with Gasteiger partial charge in [0, 0.05) is 46.6 Å². The number of nitrogens with zero attached hydrogens (tertiary/aromatic N) is 4. The molecule has 0 aromatic heterocycles. The molecule has 0 bridgehead atoms. The zero-order valence-electron chi connectivity index (χ0n) is 15.4. The van der Waals surface area contributed by atoms with Gasteiger partial charge in [-0.05, 0) is 18.8 Å². The number of methoxy groups -OCH3 is 1. The number of amides is 1. The summed E-state index contributed by atoms with van der Waals surface area (Å²) in [7, 11) is 1.24. The third-order valence-electron chi connectivity index (χ3n) is 5.80. The lowest BCUT2D eigenvalue weighted by molar-refractivity contribution is -0.132. The number of aliphatic imine (C=N–C) groups is 1. The van der Waals surface area contributed by atoms with Crippen LogP contribution in [0.25, 0.3) is 0 Å². The summed E-state index contributed by atoms with van der Waals surface area (Å²) in [6, 6.07) is 0. The molecule has 0 unspecified atom stereocenters. The van der Waals surface area contributed by atoms with E-state index in [1.165, 1.54) is 8.61 Å². The number of rotatable bonds is 6. The molecule has 0 aromatic rings. The van der Waals surface area contributed by atoms with Gasteiger partial charge in [-0.25, -0.2) is 0 Å². The number of hydrogen-bond donors (Lipinski definition) is 0. The molecular weight excluding hydrogens is 344 g/mol. The lowest BCUT2D eigenvalue weighted by Crippen LogP contribution is -2.48. The fourth-order valence-electron chi connectivity index (χ4n) is 4.45. The van der Waals surface area contributed by atoms with Crippen molar-refractivity contribution in [1.82, 2.24) is 13.5 Å². The third kappa shape index (κ3) is 2.81. The van der Waals surface area contributed by atoms with Crippen LogP contribution in [0.5, 0.6) is 0 Å². The lowest BCUT2D eigenvalue weighted by Gasteiger charge is -2.28. The van der Waals surface area contributed by atoms with E-state index in [0.29, 0.717) is 39.1 Å². The molecule has 3 atom stereocenters. The zero-order chi connectivity index (χ0) is 18.4. The molecule has 1 spiro atoms. The number of ether oxygens (including phenoxy) is 1. The van der Waals surface area contributed by atoms with Crippen LogP contribution in [-0.4, -0.2) is 86.7 Å². The van der Waals surface area contributed by atoms with Gasteiger partial charge in [0.15, 0.2) is 0 Å². The van der Waals surface area contributed by atoms with Crippen LogP contribution >= 0.6 is 0 Å². The Bertz CT molecular complexity index is 678. The SMILES string of the molecule is CCC1=N[C@]2(CC[C@H]3CN(S(=O)(=O)N(C)C)C[C@H]32)C(=O)N1CCOC. The standard InChI is InChI=1S/C16H28N4O4S/c1-5-14-17-16(15(21)20(14)8-9-24-4)7-6-12-10-19(11-13(12)16)25(22,23)18(2)3/h12-13H,5-11H2,1-4H3/t12-,13+,16-/m0/s1. The van der Waals surface area contributed by atoms with Gasteiger partial charge in [0.05, 0.1) is 13.2 Å². The second kappa shape index (κ2) is 6.61. The number of carbonyl (C=O) groups is 1. The van der Waals surface area contributed by atoms with E-state index in [2.05, 4.69) is 0 Å². The van der Waals surface area contributed by atoms with Crippen molar-refractivity contribution >= 4 is 22.0 Å². The molecule has 3 aliphatic rings.